The number of hydrogen-bond donors (Lipinski definition) is 0. The Hall–Kier alpha value is -2.11. The summed E-state index contributed by atoms with van der Waals surface area (Å²) in [6.07, 6.45) is 2.60. The van der Waals surface area contributed by atoms with Crippen molar-refractivity contribution in [3.8, 4) is 6.07 Å². The molecule has 0 aliphatic carbocycles. The fraction of sp³-hybridized carbons (Fsp3) is 0.474. The van der Waals surface area contributed by atoms with E-state index in [-0.39, 0.29) is 17.0 Å². The van der Waals surface area contributed by atoms with Gasteiger partial charge in [-0.1, -0.05) is 30.9 Å². The number of amides is 1. The zero-order chi connectivity index (χ0) is 20.3. The van der Waals surface area contributed by atoms with Gasteiger partial charge in [0.05, 0.1) is 4.91 Å². The first-order chi connectivity index (χ1) is 12.8. The summed E-state index contributed by atoms with van der Waals surface area (Å²) in [6.45, 7) is 9.75. The molecule has 1 fully saturated rings. The summed E-state index contributed by atoms with van der Waals surface area (Å²) in [7, 11) is 1.66. The van der Waals surface area contributed by atoms with Gasteiger partial charge in [-0.15, -0.1) is 0 Å². The van der Waals surface area contributed by atoms with Gasteiger partial charge in [-0.3, -0.25) is 19.1 Å². The molecule has 1 amide bonds. The number of anilines is 1. The molecular formula is C19H24N4O2S2. The number of nitriles is 1. The van der Waals surface area contributed by atoms with Crippen LogP contribution in [0.2, 0.25) is 0 Å². The second kappa shape index (κ2) is 8.72. The van der Waals surface area contributed by atoms with Gasteiger partial charge in [-0.25, -0.2) is 0 Å². The van der Waals surface area contributed by atoms with Crippen LogP contribution in [-0.4, -0.2) is 39.3 Å². The van der Waals surface area contributed by atoms with Gasteiger partial charge < -0.3 is 4.90 Å². The second-order valence-corrected chi connectivity index (χ2v) is 7.89. The third kappa shape index (κ3) is 3.80. The number of nitrogens with zero attached hydrogens (tertiary/aromatic N) is 4. The van der Waals surface area contributed by atoms with Crippen molar-refractivity contribution in [2.75, 3.05) is 24.5 Å². The van der Waals surface area contributed by atoms with Crippen molar-refractivity contribution in [2.24, 2.45) is 7.05 Å². The van der Waals surface area contributed by atoms with Crippen LogP contribution in [0.5, 0.6) is 0 Å². The first-order valence-electron chi connectivity index (χ1n) is 8.96. The Morgan fingerprint density at radius 1 is 1.26 bits per heavy atom. The Kier molecular flexibility index (Phi) is 6.84. The number of hydrogen-bond acceptors (Lipinski definition) is 6. The molecule has 27 heavy (non-hydrogen) atoms. The van der Waals surface area contributed by atoms with Gasteiger partial charge in [0, 0.05) is 32.2 Å². The van der Waals surface area contributed by atoms with Crippen molar-refractivity contribution in [1.82, 2.24) is 9.47 Å². The number of rotatable bonds is 6. The standard InChI is InChI=1S/C19H24N4O2S2/c1-6-9-23-18(25)15(27-19(23)26)10-13-12(4)14(11-20)17(24)21(5)16(13)22(7-2)8-3/h10H,6-9H2,1-5H3. The number of carbonyl (C=O) groups excluding carboxylic acids is 1. The number of pyridine rings is 1. The number of thiocarbonyl (C=S) groups is 1. The predicted octanol–water partition coefficient (Wildman–Crippen LogP) is 3.02. The molecule has 0 radical (unpaired) electrons. The molecule has 6 nitrogen and oxygen atoms in total. The summed E-state index contributed by atoms with van der Waals surface area (Å²) in [5, 5.41) is 9.46. The van der Waals surface area contributed by atoms with Crippen LogP contribution in [0, 0.1) is 18.3 Å². The monoisotopic (exact) mass is 404 g/mol. The highest BCUT2D eigenvalue weighted by molar-refractivity contribution is 8.26. The van der Waals surface area contributed by atoms with Crippen LogP contribution >= 0.6 is 24.0 Å². The van der Waals surface area contributed by atoms with E-state index in [0.717, 1.165) is 6.42 Å². The van der Waals surface area contributed by atoms with E-state index in [2.05, 4.69) is 0 Å². The second-order valence-electron chi connectivity index (χ2n) is 6.22. The van der Waals surface area contributed by atoms with Crippen LogP contribution in [0.1, 0.15) is 43.9 Å². The Labute approximate surface area is 169 Å². The fourth-order valence-corrected chi connectivity index (χ4v) is 4.46. The molecule has 0 atom stereocenters. The van der Waals surface area contributed by atoms with E-state index in [9.17, 15) is 14.9 Å². The summed E-state index contributed by atoms with van der Waals surface area (Å²) < 4.78 is 2.04. The Balaban J connectivity index is 2.74. The number of carbonyl (C=O) groups is 1. The molecule has 1 aromatic rings. The van der Waals surface area contributed by atoms with Crippen molar-refractivity contribution in [3.05, 3.63) is 31.9 Å². The molecule has 1 aliphatic rings. The maximum atomic E-state index is 12.8. The van der Waals surface area contributed by atoms with E-state index in [1.54, 1.807) is 24.9 Å². The fourth-order valence-electron chi connectivity index (χ4n) is 3.16. The zero-order valence-corrected chi connectivity index (χ0v) is 18.0. The minimum Gasteiger partial charge on any atom is -0.358 e. The zero-order valence-electron chi connectivity index (χ0n) is 16.3. The van der Waals surface area contributed by atoms with Gasteiger partial charge in [-0.2, -0.15) is 5.26 Å². The SMILES string of the molecule is CCCN1C(=O)C(=Cc2c(C)c(C#N)c(=O)n(C)c2N(CC)CC)SC1=S. The van der Waals surface area contributed by atoms with Gasteiger partial charge in [0.25, 0.3) is 11.5 Å². The number of aromatic nitrogens is 1. The van der Waals surface area contributed by atoms with E-state index < -0.39 is 0 Å². The molecule has 8 heteroatoms. The first kappa shape index (κ1) is 21.2. The van der Waals surface area contributed by atoms with Crippen LogP contribution in [0.3, 0.4) is 0 Å². The molecule has 0 aromatic carbocycles. The van der Waals surface area contributed by atoms with Gasteiger partial charge in [-0.05, 0) is 38.8 Å². The van der Waals surface area contributed by atoms with Gasteiger partial charge >= 0.3 is 0 Å². The van der Waals surface area contributed by atoms with E-state index in [0.29, 0.717) is 45.8 Å². The first-order valence-corrected chi connectivity index (χ1v) is 10.2. The Morgan fingerprint density at radius 3 is 2.41 bits per heavy atom. The predicted molar refractivity (Wildman–Crippen MR) is 115 cm³/mol. The van der Waals surface area contributed by atoms with Crippen molar-refractivity contribution in [2.45, 2.75) is 34.1 Å². The molecule has 0 saturated carbocycles. The van der Waals surface area contributed by atoms with Crippen LogP contribution in [0.4, 0.5) is 5.82 Å². The third-order valence-corrected chi connectivity index (χ3v) is 6.00. The normalized spacial score (nSPS) is 15.6. The maximum Gasteiger partial charge on any atom is 0.270 e. The van der Waals surface area contributed by atoms with Crippen molar-refractivity contribution < 1.29 is 4.79 Å². The molecule has 144 valence electrons. The molecule has 1 aliphatic heterocycles. The molecule has 1 saturated heterocycles. The Morgan fingerprint density at radius 2 is 1.89 bits per heavy atom. The average Bonchev–Trinajstić information content (AvgIpc) is 2.91. The molecule has 0 N–H and O–H groups in total. The van der Waals surface area contributed by atoms with Crippen LogP contribution in [0.15, 0.2) is 9.70 Å². The van der Waals surface area contributed by atoms with Crippen molar-refractivity contribution in [1.29, 1.82) is 5.26 Å². The van der Waals surface area contributed by atoms with Crippen molar-refractivity contribution in [3.63, 3.8) is 0 Å². The van der Waals surface area contributed by atoms with E-state index >= 15 is 0 Å². The van der Waals surface area contributed by atoms with E-state index in [1.807, 2.05) is 31.7 Å². The van der Waals surface area contributed by atoms with Crippen LogP contribution in [0.25, 0.3) is 6.08 Å². The summed E-state index contributed by atoms with van der Waals surface area (Å²) in [5.41, 5.74) is 1.08. The summed E-state index contributed by atoms with van der Waals surface area (Å²) >= 11 is 6.61. The number of thioether (sulfide) groups is 1. The molecular weight excluding hydrogens is 380 g/mol. The van der Waals surface area contributed by atoms with E-state index in [4.69, 9.17) is 12.2 Å². The Bertz CT molecular complexity index is 908. The molecule has 0 bridgehead atoms. The lowest BCUT2D eigenvalue weighted by molar-refractivity contribution is -0.122. The maximum absolute atomic E-state index is 12.8. The lowest BCUT2D eigenvalue weighted by Crippen LogP contribution is -2.33. The lowest BCUT2D eigenvalue weighted by Gasteiger charge is -2.27. The smallest absolute Gasteiger partial charge is 0.270 e. The largest absolute Gasteiger partial charge is 0.358 e. The third-order valence-electron chi connectivity index (χ3n) is 4.63. The van der Waals surface area contributed by atoms with Crippen LogP contribution in [-0.2, 0) is 11.8 Å². The highest BCUT2D eigenvalue weighted by Gasteiger charge is 2.32. The van der Waals surface area contributed by atoms with Gasteiger partial charge in [0.1, 0.15) is 21.8 Å². The van der Waals surface area contributed by atoms with E-state index in [1.165, 1.54) is 16.3 Å². The molecule has 2 heterocycles. The molecule has 2 rings (SSSR count). The summed E-state index contributed by atoms with van der Waals surface area (Å²) in [4.78, 5) is 29.5. The molecule has 0 spiro atoms. The molecule has 1 aromatic heterocycles. The average molecular weight is 405 g/mol. The lowest BCUT2D eigenvalue weighted by atomic mass is 10.0. The van der Waals surface area contributed by atoms with Crippen molar-refractivity contribution >= 4 is 46.1 Å². The van der Waals surface area contributed by atoms with Gasteiger partial charge in [0.15, 0.2) is 0 Å². The highest BCUT2D eigenvalue weighted by Crippen LogP contribution is 2.35. The quantitative estimate of drug-likeness (QED) is 0.536. The summed E-state index contributed by atoms with van der Waals surface area (Å²) in [5.74, 6) is 0.589. The summed E-state index contributed by atoms with van der Waals surface area (Å²) in [6, 6.07) is 2.01. The molecule has 0 unspecified atom stereocenters. The van der Waals surface area contributed by atoms with Gasteiger partial charge in [0.2, 0.25) is 0 Å². The highest BCUT2D eigenvalue weighted by atomic mass is 32.2. The topological polar surface area (TPSA) is 69.3 Å². The minimum absolute atomic E-state index is 0.101. The van der Waals surface area contributed by atoms with Crippen LogP contribution < -0.4 is 10.5 Å². The minimum atomic E-state index is -0.326.